The van der Waals surface area contributed by atoms with Crippen LogP contribution in [-0.2, 0) is 13.0 Å². The lowest BCUT2D eigenvalue weighted by atomic mass is 10.1. The van der Waals surface area contributed by atoms with Crippen LogP contribution in [0, 0.1) is 6.92 Å². The van der Waals surface area contributed by atoms with E-state index in [1.54, 1.807) is 4.68 Å². The quantitative estimate of drug-likeness (QED) is 0.573. The van der Waals surface area contributed by atoms with Crippen LogP contribution in [0.25, 0.3) is 5.69 Å². The van der Waals surface area contributed by atoms with Gasteiger partial charge in [-0.05, 0) is 41.1 Å². The van der Waals surface area contributed by atoms with Crippen molar-refractivity contribution in [1.82, 2.24) is 30.3 Å². The van der Waals surface area contributed by atoms with Crippen LogP contribution in [0.15, 0.2) is 59.1 Å². The monoisotopic (exact) mass is 347 g/mol. The summed E-state index contributed by atoms with van der Waals surface area (Å²) < 4.78 is 7.00. The van der Waals surface area contributed by atoms with Gasteiger partial charge in [0.1, 0.15) is 0 Å². The smallest absolute Gasteiger partial charge is 0.245 e. The van der Waals surface area contributed by atoms with Crippen molar-refractivity contribution in [2.75, 3.05) is 5.32 Å². The summed E-state index contributed by atoms with van der Waals surface area (Å²) in [5.41, 5.74) is 2.95. The van der Waals surface area contributed by atoms with Crippen molar-refractivity contribution in [2.45, 2.75) is 19.9 Å². The van der Waals surface area contributed by atoms with E-state index in [2.05, 4.69) is 31.0 Å². The van der Waals surface area contributed by atoms with Crippen molar-refractivity contribution in [2.24, 2.45) is 0 Å². The average molecular weight is 347 g/mol. The van der Waals surface area contributed by atoms with Gasteiger partial charge in [0.15, 0.2) is 11.6 Å². The number of nitrogens with zero attached hydrogens (tertiary/aromatic N) is 6. The molecule has 26 heavy (non-hydrogen) atoms. The second-order valence-electron chi connectivity index (χ2n) is 5.81. The second kappa shape index (κ2) is 7.14. The summed E-state index contributed by atoms with van der Waals surface area (Å²) in [5, 5.41) is 18.9. The molecule has 2 heterocycles. The number of tetrazole rings is 1. The number of aryl methyl sites for hydroxylation is 1. The van der Waals surface area contributed by atoms with Crippen LogP contribution in [-0.4, -0.2) is 30.3 Å². The van der Waals surface area contributed by atoms with Gasteiger partial charge < -0.3 is 9.84 Å². The molecule has 0 amide bonds. The summed E-state index contributed by atoms with van der Waals surface area (Å²) in [5.74, 6) is 1.94. The molecular weight excluding hydrogens is 330 g/mol. The van der Waals surface area contributed by atoms with Gasteiger partial charge in [-0.2, -0.15) is 9.67 Å². The van der Waals surface area contributed by atoms with Crippen LogP contribution in [0.3, 0.4) is 0 Å². The molecule has 4 rings (SSSR count). The lowest BCUT2D eigenvalue weighted by Crippen LogP contribution is -2.03. The third-order valence-electron chi connectivity index (χ3n) is 3.88. The maximum absolute atomic E-state index is 5.32. The first-order valence-electron chi connectivity index (χ1n) is 8.22. The van der Waals surface area contributed by atoms with Crippen LogP contribution in [0.1, 0.15) is 23.1 Å². The number of hydrogen-bond donors (Lipinski definition) is 1. The third kappa shape index (κ3) is 3.59. The zero-order valence-electron chi connectivity index (χ0n) is 14.2. The maximum Gasteiger partial charge on any atom is 0.245 e. The highest BCUT2D eigenvalue weighted by atomic mass is 16.5. The van der Waals surface area contributed by atoms with E-state index in [-0.39, 0.29) is 0 Å². The molecule has 0 atom stereocenters. The highest BCUT2D eigenvalue weighted by Crippen LogP contribution is 2.15. The Balaban J connectivity index is 1.41. The van der Waals surface area contributed by atoms with E-state index in [1.807, 2.05) is 61.5 Å². The molecule has 0 saturated carbocycles. The number of aromatic nitrogens is 6. The Kier molecular flexibility index (Phi) is 4.38. The fraction of sp³-hybridized carbons (Fsp3) is 0.167. The zero-order valence-corrected chi connectivity index (χ0v) is 14.2. The first-order chi connectivity index (χ1) is 12.8. The van der Waals surface area contributed by atoms with Gasteiger partial charge in [-0.25, -0.2) is 0 Å². The topological polar surface area (TPSA) is 94.6 Å². The Morgan fingerprint density at radius 3 is 2.77 bits per heavy atom. The zero-order chi connectivity index (χ0) is 17.8. The normalized spacial score (nSPS) is 10.8. The highest BCUT2D eigenvalue weighted by Gasteiger charge is 2.08. The van der Waals surface area contributed by atoms with Gasteiger partial charge in [-0.1, -0.05) is 41.6 Å². The van der Waals surface area contributed by atoms with E-state index in [4.69, 9.17) is 4.52 Å². The molecule has 2 aromatic carbocycles. The Morgan fingerprint density at radius 1 is 1.08 bits per heavy atom. The molecule has 0 aliphatic carbocycles. The maximum atomic E-state index is 5.32. The predicted molar refractivity (Wildman–Crippen MR) is 94.8 cm³/mol. The minimum Gasteiger partial charge on any atom is -0.376 e. The number of benzene rings is 2. The Bertz CT molecular complexity index is 993. The van der Waals surface area contributed by atoms with Crippen LogP contribution in [0.4, 0.5) is 5.69 Å². The van der Waals surface area contributed by atoms with E-state index in [1.165, 1.54) is 0 Å². The van der Waals surface area contributed by atoms with Crippen molar-refractivity contribution >= 4 is 5.69 Å². The molecule has 0 fully saturated rings. The molecule has 2 aromatic heterocycles. The number of hydrogen-bond acceptors (Lipinski definition) is 7. The van der Waals surface area contributed by atoms with Gasteiger partial charge >= 0.3 is 0 Å². The summed E-state index contributed by atoms with van der Waals surface area (Å²) in [7, 11) is 0. The van der Waals surface area contributed by atoms with Gasteiger partial charge in [-0.3, -0.25) is 0 Å². The van der Waals surface area contributed by atoms with Gasteiger partial charge in [-0.15, -0.1) is 5.10 Å². The van der Waals surface area contributed by atoms with Crippen LogP contribution in [0.5, 0.6) is 0 Å². The molecule has 8 heteroatoms. The highest BCUT2D eigenvalue weighted by molar-refractivity contribution is 5.50. The average Bonchev–Trinajstić information content (AvgIpc) is 3.30. The third-order valence-corrected chi connectivity index (χ3v) is 3.88. The van der Waals surface area contributed by atoms with Gasteiger partial charge in [0.05, 0.1) is 12.2 Å². The Morgan fingerprint density at radius 2 is 1.96 bits per heavy atom. The minimum absolute atomic E-state index is 0.444. The van der Waals surface area contributed by atoms with Crippen molar-refractivity contribution < 1.29 is 4.52 Å². The van der Waals surface area contributed by atoms with Gasteiger partial charge in [0.25, 0.3) is 0 Å². The Hall–Kier alpha value is -3.55. The lowest BCUT2D eigenvalue weighted by molar-refractivity contribution is 0.378. The molecule has 8 nitrogen and oxygen atoms in total. The van der Waals surface area contributed by atoms with Crippen molar-refractivity contribution in [3.63, 3.8) is 0 Å². The predicted octanol–water partition coefficient (Wildman–Crippen LogP) is 2.56. The first-order valence-corrected chi connectivity index (χ1v) is 8.22. The molecule has 0 aliphatic rings. The van der Waals surface area contributed by atoms with Crippen LogP contribution >= 0.6 is 0 Å². The largest absolute Gasteiger partial charge is 0.376 e. The van der Waals surface area contributed by atoms with E-state index in [0.29, 0.717) is 24.7 Å². The summed E-state index contributed by atoms with van der Waals surface area (Å²) in [6.07, 6.45) is 0.651. The van der Waals surface area contributed by atoms with Crippen LogP contribution < -0.4 is 5.32 Å². The molecule has 0 saturated heterocycles. The fourth-order valence-corrected chi connectivity index (χ4v) is 2.61. The molecule has 1 N–H and O–H groups in total. The second-order valence-corrected chi connectivity index (χ2v) is 5.81. The summed E-state index contributed by atoms with van der Waals surface area (Å²) >= 11 is 0. The van der Waals surface area contributed by atoms with Crippen molar-refractivity contribution in [1.29, 1.82) is 0 Å². The first kappa shape index (κ1) is 15.9. The van der Waals surface area contributed by atoms with Crippen molar-refractivity contribution in [3.05, 3.63) is 77.7 Å². The summed E-state index contributed by atoms with van der Waals surface area (Å²) in [6, 6.07) is 17.9. The van der Waals surface area contributed by atoms with Crippen molar-refractivity contribution in [3.8, 4) is 5.69 Å². The molecule has 4 aromatic rings. The summed E-state index contributed by atoms with van der Waals surface area (Å²) in [4.78, 5) is 4.43. The number of nitrogens with one attached hydrogen (secondary N) is 1. The lowest BCUT2D eigenvalue weighted by Gasteiger charge is -2.06. The molecule has 130 valence electrons. The van der Waals surface area contributed by atoms with Gasteiger partial charge in [0, 0.05) is 12.1 Å². The van der Waals surface area contributed by atoms with E-state index < -0.39 is 0 Å². The standard InChI is InChI=1S/C18H17N7O/c1-13-21-23-24-25(13)16-9-5-8-15(11-16)19-12-18-20-17(22-26-18)10-14-6-3-2-4-7-14/h2-9,11,19H,10,12H2,1H3. The van der Waals surface area contributed by atoms with E-state index in [9.17, 15) is 0 Å². The number of rotatable bonds is 6. The molecule has 0 radical (unpaired) electrons. The number of anilines is 1. The minimum atomic E-state index is 0.444. The molecule has 0 spiro atoms. The molecule has 0 bridgehead atoms. The summed E-state index contributed by atoms with van der Waals surface area (Å²) in [6.45, 7) is 2.30. The van der Waals surface area contributed by atoms with Crippen LogP contribution in [0.2, 0.25) is 0 Å². The fourth-order valence-electron chi connectivity index (χ4n) is 2.61. The molecule has 0 aliphatic heterocycles. The van der Waals surface area contributed by atoms with E-state index in [0.717, 1.165) is 22.8 Å². The SMILES string of the molecule is Cc1nnnn1-c1cccc(NCc2nc(Cc3ccccc3)no2)c1. The molecule has 0 unspecified atom stereocenters. The Labute approximate surface area is 149 Å². The van der Waals surface area contributed by atoms with Gasteiger partial charge in [0.2, 0.25) is 5.89 Å². The van der Waals surface area contributed by atoms with E-state index >= 15 is 0 Å². The molecular formula is C18H17N7O.